The first-order valence-corrected chi connectivity index (χ1v) is 5.01. The minimum atomic E-state index is -0.215. The normalized spacial score (nSPS) is 10.2. The number of carbonyl (C=O) groups excluding carboxylic acids is 1. The Balaban J connectivity index is 4.05. The van der Waals surface area contributed by atoms with Gasteiger partial charge in [-0.05, 0) is 13.8 Å². The highest BCUT2D eigenvalue weighted by Crippen LogP contribution is 1.95. The Kier molecular flexibility index (Phi) is 7.95. The molecule has 15 heavy (non-hydrogen) atoms. The van der Waals surface area contributed by atoms with E-state index in [4.69, 9.17) is 4.74 Å². The van der Waals surface area contributed by atoms with E-state index in [1.54, 1.807) is 7.11 Å². The van der Waals surface area contributed by atoms with Crippen LogP contribution in [0.15, 0.2) is 11.6 Å². The molecule has 4 nitrogen and oxygen atoms in total. The molecular weight excluding hydrogens is 194 g/mol. The van der Waals surface area contributed by atoms with Gasteiger partial charge in [-0.2, -0.15) is 0 Å². The Morgan fingerprint density at radius 2 is 2.00 bits per heavy atom. The molecule has 4 heteroatoms. The Morgan fingerprint density at radius 1 is 1.33 bits per heavy atom. The summed E-state index contributed by atoms with van der Waals surface area (Å²) in [6, 6.07) is 0. The van der Waals surface area contributed by atoms with Crippen LogP contribution >= 0.6 is 0 Å². The molecule has 0 amide bonds. The standard InChI is InChI=1S/C11H21NO3/c1-10(2)5-6-12(7-8-14-3)9-11(13)15-4/h5H,6-9H2,1-4H3. The quantitative estimate of drug-likeness (QED) is 0.470. The lowest BCUT2D eigenvalue weighted by molar-refractivity contribution is -0.141. The number of nitrogens with zero attached hydrogens (tertiary/aromatic N) is 1. The Bertz CT molecular complexity index is 210. The minimum absolute atomic E-state index is 0.215. The summed E-state index contributed by atoms with van der Waals surface area (Å²) in [5, 5.41) is 0. The largest absolute Gasteiger partial charge is 0.468 e. The Labute approximate surface area is 91.8 Å². The first kappa shape index (κ1) is 14.1. The van der Waals surface area contributed by atoms with Crippen molar-refractivity contribution in [3.05, 3.63) is 11.6 Å². The molecule has 0 atom stereocenters. The number of methoxy groups -OCH3 is 2. The Hall–Kier alpha value is -0.870. The zero-order valence-corrected chi connectivity index (χ0v) is 10.1. The second-order valence-electron chi connectivity index (χ2n) is 3.59. The molecule has 0 aliphatic heterocycles. The van der Waals surface area contributed by atoms with Gasteiger partial charge in [0.25, 0.3) is 0 Å². The zero-order chi connectivity index (χ0) is 11.7. The molecule has 0 aromatic carbocycles. The van der Waals surface area contributed by atoms with Crippen molar-refractivity contribution >= 4 is 5.97 Å². The van der Waals surface area contributed by atoms with Gasteiger partial charge in [0.1, 0.15) is 0 Å². The lowest BCUT2D eigenvalue weighted by Gasteiger charge is -2.18. The van der Waals surface area contributed by atoms with Crippen LogP contribution in [-0.2, 0) is 14.3 Å². The molecule has 0 bridgehead atoms. The van der Waals surface area contributed by atoms with E-state index in [0.717, 1.165) is 13.1 Å². The van der Waals surface area contributed by atoms with E-state index in [0.29, 0.717) is 13.2 Å². The van der Waals surface area contributed by atoms with Crippen molar-refractivity contribution in [1.82, 2.24) is 4.90 Å². The molecule has 0 saturated heterocycles. The molecule has 88 valence electrons. The summed E-state index contributed by atoms with van der Waals surface area (Å²) in [5.41, 5.74) is 1.24. The van der Waals surface area contributed by atoms with Crippen molar-refractivity contribution < 1.29 is 14.3 Å². The molecule has 0 aliphatic rings. The highest BCUT2D eigenvalue weighted by Gasteiger charge is 2.08. The maximum atomic E-state index is 11.1. The van der Waals surface area contributed by atoms with E-state index < -0.39 is 0 Å². The maximum absolute atomic E-state index is 11.1. The molecule has 0 fully saturated rings. The molecule has 0 radical (unpaired) electrons. The van der Waals surface area contributed by atoms with Crippen molar-refractivity contribution in [1.29, 1.82) is 0 Å². The smallest absolute Gasteiger partial charge is 0.319 e. The van der Waals surface area contributed by atoms with Crippen molar-refractivity contribution in [2.75, 3.05) is 40.5 Å². The Morgan fingerprint density at radius 3 is 2.47 bits per heavy atom. The summed E-state index contributed by atoms with van der Waals surface area (Å²) in [5.74, 6) is -0.215. The fourth-order valence-electron chi connectivity index (χ4n) is 1.01. The third-order valence-corrected chi connectivity index (χ3v) is 1.95. The van der Waals surface area contributed by atoms with Crippen molar-refractivity contribution in [3.8, 4) is 0 Å². The van der Waals surface area contributed by atoms with Crippen molar-refractivity contribution in [2.24, 2.45) is 0 Å². The van der Waals surface area contributed by atoms with E-state index in [1.807, 2.05) is 18.7 Å². The number of ether oxygens (including phenoxy) is 2. The highest BCUT2D eigenvalue weighted by atomic mass is 16.5. The minimum Gasteiger partial charge on any atom is -0.468 e. The predicted molar refractivity (Wildman–Crippen MR) is 59.8 cm³/mol. The SMILES string of the molecule is COCCN(CC=C(C)C)CC(=O)OC. The number of esters is 1. The van der Waals surface area contributed by atoms with Crippen molar-refractivity contribution in [3.63, 3.8) is 0 Å². The van der Waals surface area contributed by atoms with Crippen LogP contribution in [0.25, 0.3) is 0 Å². The maximum Gasteiger partial charge on any atom is 0.319 e. The molecular formula is C11H21NO3. The van der Waals surface area contributed by atoms with Crippen LogP contribution in [0.3, 0.4) is 0 Å². The topological polar surface area (TPSA) is 38.8 Å². The van der Waals surface area contributed by atoms with Crippen LogP contribution in [0, 0.1) is 0 Å². The first-order valence-electron chi connectivity index (χ1n) is 5.01. The number of carbonyl (C=O) groups is 1. The second-order valence-corrected chi connectivity index (χ2v) is 3.59. The molecule has 0 aliphatic carbocycles. The summed E-state index contributed by atoms with van der Waals surface area (Å²) < 4.78 is 9.61. The number of hydrogen-bond acceptors (Lipinski definition) is 4. The highest BCUT2D eigenvalue weighted by molar-refractivity contribution is 5.71. The molecule has 0 N–H and O–H groups in total. The lowest BCUT2D eigenvalue weighted by atomic mass is 10.3. The molecule has 0 unspecified atom stereocenters. The van der Waals surface area contributed by atoms with Crippen LogP contribution in [0.4, 0.5) is 0 Å². The van der Waals surface area contributed by atoms with Crippen LogP contribution in [0.1, 0.15) is 13.8 Å². The van der Waals surface area contributed by atoms with Gasteiger partial charge in [-0.15, -0.1) is 0 Å². The molecule has 0 saturated carbocycles. The summed E-state index contributed by atoms with van der Waals surface area (Å²) in [4.78, 5) is 13.1. The van der Waals surface area contributed by atoms with E-state index in [-0.39, 0.29) is 5.97 Å². The van der Waals surface area contributed by atoms with Gasteiger partial charge in [0, 0.05) is 20.2 Å². The lowest BCUT2D eigenvalue weighted by Crippen LogP contribution is -2.33. The molecule has 0 aromatic rings. The van der Waals surface area contributed by atoms with Gasteiger partial charge in [0.15, 0.2) is 0 Å². The summed E-state index contributed by atoms with van der Waals surface area (Å²) in [6.07, 6.45) is 2.08. The molecule has 0 rings (SSSR count). The van der Waals surface area contributed by atoms with Gasteiger partial charge >= 0.3 is 5.97 Å². The van der Waals surface area contributed by atoms with Crippen LogP contribution in [0.5, 0.6) is 0 Å². The van der Waals surface area contributed by atoms with Crippen LogP contribution < -0.4 is 0 Å². The molecule has 0 heterocycles. The van der Waals surface area contributed by atoms with E-state index >= 15 is 0 Å². The average Bonchev–Trinajstić information content (AvgIpc) is 2.21. The number of rotatable bonds is 7. The van der Waals surface area contributed by atoms with Gasteiger partial charge in [-0.25, -0.2) is 0 Å². The van der Waals surface area contributed by atoms with Gasteiger partial charge in [-0.3, -0.25) is 9.69 Å². The van der Waals surface area contributed by atoms with Gasteiger partial charge in [0.05, 0.1) is 20.3 Å². The predicted octanol–water partition coefficient (Wildman–Crippen LogP) is 1.07. The third-order valence-electron chi connectivity index (χ3n) is 1.95. The second kappa shape index (κ2) is 8.44. The molecule has 0 aromatic heterocycles. The van der Waals surface area contributed by atoms with Gasteiger partial charge in [-0.1, -0.05) is 11.6 Å². The average molecular weight is 215 g/mol. The monoisotopic (exact) mass is 215 g/mol. The third kappa shape index (κ3) is 8.15. The van der Waals surface area contributed by atoms with Crippen LogP contribution in [-0.4, -0.2) is 51.3 Å². The van der Waals surface area contributed by atoms with Gasteiger partial charge in [0.2, 0.25) is 0 Å². The summed E-state index contributed by atoms with van der Waals surface area (Å²) in [6.45, 7) is 6.48. The number of hydrogen-bond donors (Lipinski definition) is 0. The summed E-state index contributed by atoms with van der Waals surface area (Å²) >= 11 is 0. The van der Waals surface area contributed by atoms with E-state index in [1.165, 1.54) is 12.7 Å². The summed E-state index contributed by atoms with van der Waals surface area (Å²) in [7, 11) is 3.05. The number of allylic oxidation sites excluding steroid dienone is 1. The van der Waals surface area contributed by atoms with E-state index in [2.05, 4.69) is 10.8 Å². The fourth-order valence-corrected chi connectivity index (χ4v) is 1.01. The van der Waals surface area contributed by atoms with Crippen LogP contribution in [0.2, 0.25) is 0 Å². The molecule has 0 spiro atoms. The fraction of sp³-hybridized carbons (Fsp3) is 0.727. The van der Waals surface area contributed by atoms with Crippen molar-refractivity contribution in [2.45, 2.75) is 13.8 Å². The van der Waals surface area contributed by atoms with E-state index in [9.17, 15) is 4.79 Å². The van der Waals surface area contributed by atoms with Gasteiger partial charge < -0.3 is 9.47 Å². The zero-order valence-electron chi connectivity index (χ0n) is 10.1. The first-order chi connectivity index (χ1) is 7.10.